The van der Waals surface area contributed by atoms with E-state index in [4.69, 9.17) is 4.74 Å². The molecular weight excluding hydrogens is 538 g/mol. The molecule has 4 heteroatoms. The second kappa shape index (κ2) is 9.38. The largest absolute Gasteiger partial charge is 0.453 e. The summed E-state index contributed by atoms with van der Waals surface area (Å²) in [7, 11) is 0. The van der Waals surface area contributed by atoms with Crippen LogP contribution in [0.15, 0.2) is 140 Å². The Morgan fingerprint density at radius 2 is 1.16 bits per heavy atom. The van der Waals surface area contributed by atoms with Gasteiger partial charge in [-0.1, -0.05) is 60.7 Å². The Morgan fingerprint density at radius 1 is 0.500 bits per heavy atom. The van der Waals surface area contributed by atoms with Gasteiger partial charge < -0.3 is 18.8 Å². The van der Waals surface area contributed by atoms with Crippen molar-refractivity contribution in [2.24, 2.45) is 0 Å². The highest BCUT2D eigenvalue weighted by Crippen LogP contribution is 2.51. The molecule has 0 saturated carbocycles. The lowest BCUT2D eigenvalue weighted by molar-refractivity contribution is 0.476. The third-order valence-corrected chi connectivity index (χ3v) is 8.80. The summed E-state index contributed by atoms with van der Waals surface area (Å²) in [6.07, 6.45) is 2.18. The number of aromatic nitrogens is 2. The van der Waals surface area contributed by atoms with E-state index in [2.05, 4.69) is 168 Å². The van der Waals surface area contributed by atoms with E-state index in [1.54, 1.807) is 0 Å². The highest BCUT2D eigenvalue weighted by Gasteiger charge is 2.27. The van der Waals surface area contributed by atoms with Crippen molar-refractivity contribution in [3.63, 3.8) is 0 Å². The number of anilines is 3. The fraction of sp³-hybridized carbons (Fsp3) is 0.0500. The third-order valence-electron chi connectivity index (χ3n) is 8.80. The Morgan fingerprint density at radius 3 is 1.84 bits per heavy atom. The van der Waals surface area contributed by atoms with Crippen LogP contribution in [0.3, 0.4) is 0 Å². The topological polar surface area (TPSA) is 22.3 Å². The Balaban J connectivity index is 1.36. The normalized spacial score (nSPS) is 12.5. The van der Waals surface area contributed by atoms with E-state index in [9.17, 15) is 0 Å². The van der Waals surface area contributed by atoms with Crippen molar-refractivity contribution >= 4 is 49.8 Å². The maximum Gasteiger partial charge on any atom is 0.151 e. The first-order valence-corrected chi connectivity index (χ1v) is 15.0. The molecule has 0 spiro atoms. The molecule has 210 valence electrons. The predicted molar refractivity (Wildman–Crippen MR) is 182 cm³/mol. The first-order chi connectivity index (χ1) is 21.6. The summed E-state index contributed by atoms with van der Waals surface area (Å²) in [5, 5.41) is 3.64. The van der Waals surface area contributed by atoms with Crippen molar-refractivity contribution in [2.45, 2.75) is 13.8 Å². The number of benzene rings is 6. The van der Waals surface area contributed by atoms with Gasteiger partial charge in [-0.15, -0.1) is 0 Å². The lowest BCUT2D eigenvalue weighted by Crippen LogP contribution is -2.16. The van der Waals surface area contributed by atoms with E-state index in [-0.39, 0.29) is 0 Å². The third kappa shape index (κ3) is 3.64. The van der Waals surface area contributed by atoms with Crippen LogP contribution in [0, 0.1) is 13.8 Å². The first-order valence-electron chi connectivity index (χ1n) is 15.0. The summed E-state index contributed by atoms with van der Waals surface area (Å²) in [6, 6.07) is 47.8. The van der Waals surface area contributed by atoms with Gasteiger partial charge in [-0.3, -0.25) is 0 Å². The number of fused-ring (bicyclic) bond motifs is 7. The van der Waals surface area contributed by atoms with E-state index in [0.717, 1.165) is 39.9 Å². The maximum atomic E-state index is 6.46. The Hall–Kier alpha value is -5.74. The Bertz CT molecular complexity index is 2330. The van der Waals surface area contributed by atoms with Crippen molar-refractivity contribution < 1.29 is 4.74 Å². The second-order valence-electron chi connectivity index (χ2n) is 11.7. The quantitative estimate of drug-likeness (QED) is 0.212. The van der Waals surface area contributed by atoms with E-state index in [1.807, 2.05) is 0 Å². The van der Waals surface area contributed by atoms with Gasteiger partial charge in [0.2, 0.25) is 0 Å². The summed E-state index contributed by atoms with van der Waals surface area (Å²) < 4.78 is 11.2. The molecule has 0 saturated heterocycles. The van der Waals surface area contributed by atoms with Gasteiger partial charge in [0.05, 0.1) is 27.9 Å². The second-order valence-corrected chi connectivity index (χ2v) is 11.7. The number of aryl methyl sites for hydroxylation is 2. The Kier molecular flexibility index (Phi) is 5.29. The molecule has 1 aliphatic heterocycles. The number of rotatable bonds is 3. The van der Waals surface area contributed by atoms with Gasteiger partial charge in [-0.2, -0.15) is 0 Å². The molecule has 6 aromatic carbocycles. The van der Waals surface area contributed by atoms with Gasteiger partial charge in [0.15, 0.2) is 11.5 Å². The average molecular weight is 568 g/mol. The molecule has 3 heterocycles. The summed E-state index contributed by atoms with van der Waals surface area (Å²) in [5.41, 5.74) is 11.4. The standard InChI is InChI=1S/C40H29N3O/c1-26-13-18-35-37(23-26)44-38-24-27(2)14-19-36(38)42(35)31-16-20-34-33(25-31)32-17-15-28-21-22-41(29-9-5-3-6-10-29)39(28)40(32)43(34)30-11-7-4-8-12-30/h3-25H,1-2H3. The molecule has 1 aliphatic rings. The number of ether oxygens (including phenoxy) is 1. The van der Waals surface area contributed by atoms with Crippen molar-refractivity contribution in [2.75, 3.05) is 4.90 Å². The van der Waals surface area contributed by atoms with Crippen molar-refractivity contribution in [1.29, 1.82) is 0 Å². The van der Waals surface area contributed by atoms with Crippen LogP contribution in [0.5, 0.6) is 11.5 Å². The zero-order valence-electron chi connectivity index (χ0n) is 24.5. The lowest BCUT2D eigenvalue weighted by atomic mass is 10.1. The van der Waals surface area contributed by atoms with Crippen molar-refractivity contribution in [3.8, 4) is 22.9 Å². The summed E-state index contributed by atoms with van der Waals surface area (Å²) in [5.74, 6) is 1.75. The molecule has 0 atom stereocenters. The van der Waals surface area contributed by atoms with Crippen molar-refractivity contribution in [1.82, 2.24) is 9.13 Å². The molecule has 0 radical (unpaired) electrons. The minimum absolute atomic E-state index is 0.873. The summed E-state index contributed by atoms with van der Waals surface area (Å²) >= 11 is 0. The number of hydrogen-bond acceptors (Lipinski definition) is 2. The van der Waals surface area contributed by atoms with E-state index >= 15 is 0 Å². The SMILES string of the molecule is Cc1ccc2c(c1)Oc1cc(C)ccc1N2c1ccc2c(c1)c1ccc3ccn(-c4ccccc4)c3c1n2-c1ccccc1. The molecule has 0 unspecified atom stereocenters. The molecule has 8 aromatic rings. The molecule has 0 fully saturated rings. The van der Waals surface area contributed by atoms with Crippen LogP contribution in [0.1, 0.15) is 11.1 Å². The number of para-hydroxylation sites is 2. The lowest BCUT2D eigenvalue weighted by Gasteiger charge is -2.33. The maximum absolute atomic E-state index is 6.46. The molecule has 4 nitrogen and oxygen atoms in total. The molecule has 2 aromatic heterocycles. The van der Waals surface area contributed by atoms with Crippen molar-refractivity contribution in [3.05, 3.63) is 151 Å². The molecule has 9 rings (SSSR count). The van der Waals surface area contributed by atoms with Crippen LogP contribution in [-0.4, -0.2) is 9.13 Å². The van der Waals surface area contributed by atoms with Gasteiger partial charge in [0.25, 0.3) is 0 Å². The smallest absolute Gasteiger partial charge is 0.151 e. The summed E-state index contributed by atoms with van der Waals surface area (Å²) in [6.45, 7) is 4.21. The molecule has 0 N–H and O–H groups in total. The van der Waals surface area contributed by atoms with Crippen LogP contribution in [0.2, 0.25) is 0 Å². The highest BCUT2D eigenvalue weighted by molar-refractivity contribution is 6.19. The van der Waals surface area contributed by atoms with Gasteiger partial charge in [-0.25, -0.2) is 0 Å². The minimum atomic E-state index is 0.873. The van der Waals surface area contributed by atoms with Gasteiger partial charge in [0.1, 0.15) is 0 Å². The van der Waals surface area contributed by atoms with Crippen LogP contribution in [-0.2, 0) is 0 Å². The van der Waals surface area contributed by atoms with E-state index < -0.39 is 0 Å². The molecular formula is C40H29N3O. The zero-order chi connectivity index (χ0) is 29.4. The predicted octanol–water partition coefficient (Wildman–Crippen LogP) is 10.9. The first kappa shape index (κ1) is 24.8. The Labute approximate surface area is 255 Å². The fourth-order valence-corrected chi connectivity index (χ4v) is 6.80. The fourth-order valence-electron chi connectivity index (χ4n) is 6.80. The van der Waals surface area contributed by atoms with E-state index in [1.165, 1.54) is 43.8 Å². The zero-order valence-corrected chi connectivity index (χ0v) is 24.5. The van der Waals surface area contributed by atoms with E-state index in [0.29, 0.717) is 0 Å². The molecule has 44 heavy (non-hydrogen) atoms. The van der Waals surface area contributed by atoms with Crippen LogP contribution >= 0.6 is 0 Å². The molecule has 0 aliphatic carbocycles. The number of nitrogens with zero attached hydrogens (tertiary/aromatic N) is 3. The van der Waals surface area contributed by atoms with Crippen LogP contribution < -0.4 is 9.64 Å². The summed E-state index contributed by atoms with van der Waals surface area (Å²) in [4.78, 5) is 2.34. The highest BCUT2D eigenvalue weighted by atomic mass is 16.5. The monoisotopic (exact) mass is 567 g/mol. The minimum Gasteiger partial charge on any atom is -0.453 e. The van der Waals surface area contributed by atoms with Gasteiger partial charge in [0, 0.05) is 39.4 Å². The average Bonchev–Trinajstić information content (AvgIpc) is 3.63. The number of hydrogen-bond donors (Lipinski definition) is 0. The van der Waals surface area contributed by atoms with Gasteiger partial charge >= 0.3 is 0 Å². The van der Waals surface area contributed by atoms with Crippen LogP contribution in [0.4, 0.5) is 17.1 Å². The molecule has 0 bridgehead atoms. The molecule has 0 amide bonds. The van der Waals surface area contributed by atoms with Gasteiger partial charge in [-0.05, 0) is 97.8 Å². The van der Waals surface area contributed by atoms with Crippen LogP contribution in [0.25, 0.3) is 44.1 Å².